The zero-order chi connectivity index (χ0) is 15.1. The summed E-state index contributed by atoms with van der Waals surface area (Å²) in [5, 5.41) is 0. The van der Waals surface area contributed by atoms with Crippen LogP contribution in [0, 0.1) is 5.92 Å². The van der Waals surface area contributed by atoms with E-state index >= 15 is 0 Å². The maximum Gasteiger partial charge on any atom is 0.309 e. The van der Waals surface area contributed by atoms with Crippen molar-refractivity contribution in [3.05, 3.63) is 12.4 Å². The molecule has 0 spiro atoms. The molecule has 0 atom stereocenters. The number of hydrogen-bond donors (Lipinski definition) is 0. The third-order valence-electron chi connectivity index (χ3n) is 3.52. The van der Waals surface area contributed by atoms with Crippen LogP contribution in [0.4, 0.5) is 5.82 Å². The molecule has 0 radical (unpaired) electrons. The summed E-state index contributed by atoms with van der Waals surface area (Å²) in [6.45, 7) is 6.60. The molecular formula is C15H23N3O3. The first-order chi connectivity index (χ1) is 10.2. The average molecular weight is 293 g/mol. The monoisotopic (exact) mass is 293 g/mol. The number of anilines is 1. The Balaban J connectivity index is 1.91. The van der Waals surface area contributed by atoms with Crippen molar-refractivity contribution in [2.75, 3.05) is 31.2 Å². The summed E-state index contributed by atoms with van der Waals surface area (Å²) < 4.78 is 10.6. The van der Waals surface area contributed by atoms with Crippen LogP contribution in [0.1, 0.15) is 33.1 Å². The summed E-state index contributed by atoms with van der Waals surface area (Å²) in [6, 6.07) is 1.86. The van der Waals surface area contributed by atoms with Crippen LogP contribution in [0.15, 0.2) is 12.4 Å². The van der Waals surface area contributed by atoms with Gasteiger partial charge in [0, 0.05) is 19.2 Å². The molecule has 0 aromatic carbocycles. The van der Waals surface area contributed by atoms with Crippen molar-refractivity contribution in [2.24, 2.45) is 5.92 Å². The number of esters is 1. The summed E-state index contributed by atoms with van der Waals surface area (Å²) in [7, 11) is 0. The van der Waals surface area contributed by atoms with Crippen molar-refractivity contribution in [3.8, 4) is 5.88 Å². The molecule has 0 saturated carbocycles. The second kappa shape index (κ2) is 7.81. The molecule has 2 heterocycles. The van der Waals surface area contributed by atoms with Gasteiger partial charge < -0.3 is 14.4 Å². The first-order valence-corrected chi connectivity index (χ1v) is 7.61. The average Bonchev–Trinajstić information content (AvgIpc) is 2.53. The number of aromatic nitrogens is 2. The number of carbonyl (C=O) groups is 1. The highest BCUT2D eigenvalue weighted by Crippen LogP contribution is 2.24. The van der Waals surface area contributed by atoms with Gasteiger partial charge in [-0.3, -0.25) is 4.79 Å². The topological polar surface area (TPSA) is 64.5 Å². The molecule has 116 valence electrons. The highest BCUT2D eigenvalue weighted by molar-refractivity contribution is 5.72. The Morgan fingerprint density at radius 3 is 2.76 bits per heavy atom. The lowest BCUT2D eigenvalue weighted by Crippen LogP contribution is -2.37. The summed E-state index contributed by atoms with van der Waals surface area (Å²) in [5.74, 6) is 1.40. The lowest BCUT2D eigenvalue weighted by atomic mass is 9.97. The van der Waals surface area contributed by atoms with Crippen LogP contribution in [0.5, 0.6) is 5.88 Å². The van der Waals surface area contributed by atoms with Crippen molar-refractivity contribution in [1.29, 1.82) is 0 Å². The van der Waals surface area contributed by atoms with Crippen LogP contribution in [0.3, 0.4) is 0 Å². The van der Waals surface area contributed by atoms with Crippen molar-refractivity contribution in [1.82, 2.24) is 9.97 Å². The van der Waals surface area contributed by atoms with Crippen LogP contribution < -0.4 is 9.64 Å². The van der Waals surface area contributed by atoms with E-state index in [1.54, 1.807) is 0 Å². The van der Waals surface area contributed by atoms with E-state index in [1.165, 1.54) is 6.33 Å². The molecule has 6 heteroatoms. The minimum atomic E-state index is -0.0770. The van der Waals surface area contributed by atoms with Crippen LogP contribution in [-0.4, -0.2) is 42.2 Å². The number of ether oxygens (including phenoxy) is 2. The highest BCUT2D eigenvalue weighted by atomic mass is 16.5. The van der Waals surface area contributed by atoms with Gasteiger partial charge in [-0.25, -0.2) is 9.97 Å². The Hall–Kier alpha value is -1.85. The van der Waals surface area contributed by atoms with E-state index in [2.05, 4.69) is 21.8 Å². The van der Waals surface area contributed by atoms with Crippen LogP contribution in [0.25, 0.3) is 0 Å². The quantitative estimate of drug-likeness (QED) is 0.748. The molecular weight excluding hydrogens is 270 g/mol. The van der Waals surface area contributed by atoms with Crippen molar-refractivity contribution < 1.29 is 14.3 Å². The van der Waals surface area contributed by atoms with Crippen LogP contribution in [-0.2, 0) is 9.53 Å². The lowest BCUT2D eigenvalue weighted by molar-refractivity contribution is -0.148. The third kappa shape index (κ3) is 4.31. The largest absolute Gasteiger partial charge is 0.478 e. The first kappa shape index (κ1) is 15.5. The summed E-state index contributed by atoms with van der Waals surface area (Å²) in [5.41, 5.74) is 0. The Kier molecular flexibility index (Phi) is 5.78. The van der Waals surface area contributed by atoms with Gasteiger partial charge in [0.25, 0.3) is 0 Å². The van der Waals surface area contributed by atoms with Gasteiger partial charge in [0.05, 0.1) is 19.1 Å². The highest BCUT2D eigenvalue weighted by Gasteiger charge is 2.26. The normalized spacial score (nSPS) is 15.8. The van der Waals surface area contributed by atoms with Gasteiger partial charge in [-0.05, 0) is 26.2 Å². The Morgan fingerprint density at radius 1 is 1.33 bits per heavy atom. The second-order valence-corrected chi connectivity index (χ2v) is 5.08. The molecule has 0 aliphatic carbocycles. The minimum Gasteiger partial charge on any atom is -0.478 e. The Labute approximate surface area is 125 Å². The van der Waals surface area contributed by atoms with Gasteiger partial charge in [0.2, 0.25) is 5.88 Å². The van der Waals surface area contributed by atoms with E-state index in [9.17, 15) is 4.79 Å². The van der Waals surface area contributed by atoms with E-state index in [-0.39, 0.29) is 11.9 Å². The number of rotatable bonds is 6. The zero-order valence-corrected chi connectivity index (χ0v) is 12.7. The molecule has 0 amide bonds. The van der Waals surface area contributed by atoms with E-state index in [0.717, 1.165) is 38.2 Å². The Morgan fingerprint density at radius 2 is 2.10 bits per heavy atom. The molecule has 0 bridgehead atoms. The van der Waals surface area contributed by atoms with Crippen molar-refractivity contribution >= 4 is 11.8 Å². The molecule has 6 nitrogen and oxygen atoms in total. The van der Waals surface area contributed by atoms with Gasteiger partial charge in [0.15, 0.2) is 0 Å². The number of hydrogen-bond acceptors (Lipinski definition) is 6. The van der Waals surface area contributed by atoms with Gasteiger partial charge >= 0.3 is 5.97 Å². The van der Waals surface area contributed by atoms with Gasteiger partial charge in [0.1, 0.15) is 12.1 Å². The maximum absolute atomic E-state index is 11.7. The molecule has 2 rings (SSSR count). The summed E-state index contributed by atoms with van der Waals surface area (Å²) >= 11 is 0. The van der Waals surface area contributed by atoms with Gasteiger partial charge in [-0.15, -0.1) is 0 Å². The van der Waals surface area contributed by atoms with E-state index in [1.807, 2.05) is 13.0 Å². The minimum absolute atomic E-state index is 0.0128. The lowest BCUT2D eigenvalue weighted by Gasteiger charge is -2.31. The van der Waals surface area contributed by atoms with E-state index in [0.29, 0.717) is 19.1 Å². The Bertz CT molecular complexity index is 459. The number of carbonyl (C=O) groups excluding carboxylic acids is 1. The van der Waals surface area contributed by atoms with Crippen LogP contribution >= 0.6 is 0 Å². The van der Waals surface area contributed by atoms with E-state index < -0.39 is 0 Å². The molecule has 1 saturated heterocycles. The zero-order valence-electron chi connectivity index (χ0n) is 12.7. The summed E-state index contributed by atoms with van der Waals surface area (Å²) in [6.07, 6.45) is 4.07. The molecule has 1 fully saturated rings. The summed E-state index contributed by atoms with van der Waals surface area (Å²) in [4.78, 5) is 22.3. The van der Waals surface area contributed by atoms with Crippen LogP contribution in [0.2, 0.25) is 0 Å². The molecule has 1 aliphatic rings. The van der Waals surface area contributed by atoms with Crippen molar-refractivity contribution in [2.45, 2.75) is 33.1 Å². The number of nitrogens with zero attached hydrogens (tertiary/aromatic N) is 3. The molecule has 1 aromatic heterocycles. The van der Waals surface area contributed by atoms with Gasteiger partial charge in [-0.1, -0.05) is 6.92 Å². The molecule has 1 aromatic rings. The van der Waals surface area contributed by atoms with E-state index in [4.69, 9.17) is 9.47 Å². The molecule has 0 unspecified atom stereocenters. The number of piperidine rings is 1. The molecule has 21 heavy (non-hydrogen) atoms. The fraction of sp³-hybridized carbons (Fsp3) is 0.667. The fourth-order valence-corrected chi connectivity index (χ4v) is 2.39. The standard InChI is InChI=1S/C15H23N3O3/c1-3-9-21-14-10-13(16-11-17-14)18-7-5-12(6-8-18)15(19)20-4-2/h10-12H,3-9H2,1-2H3. The van der Waals surface area contributed by atoms with Gasteiger partial charge in [-0.2, -0.15) is 0 Å². The maximum atomic E-state index is 11.7. The third-order valence-corrected chi connectivity index (χ3v) is 3.52. The fourth-order valence-electron chi connectivity index (χ4n) is 2.39. The molecule has 1 aliphatic heterocycles. The molecule has 0 N–H and O–H groups in total. The first-order valence-electron chi connectivity index (χ1n) is 7.61. The smallest absolute Gasteiger partial charge is 0.309 e. The van der Waals surface area contributed by atoms with Crippen molar-refractivity contribution in [3.63, 3.8) is 0 Å². The predicted molar refractivity (Wildman–Crippen MR) is 79.4 cm³/mol. The second-order valence-electron chi connectivity index (χ2n) is 5.08. The predicted octanol–water partition coefficient (Wildman–Crippen LogP) is 2.04. The SMILES string of the molecule is CCCOc1cc(N2CCC(C(=O)OCC)CC2)ncn1.